The smallest absolute Gasteiger partial charge is 0.328 e. The molecule has 0 fully saturated rings. The second-order valence-electron chi connectivity index (χ2n) is 10.0. The highest BCUT2D eigenvalue weighted by Crippen LogP contribution is 2.11. The highest BCUT2D eigenvalue weighted by Gasteiger charge is 2.34. The highest BCUT2D eigenvalue weighted by molar-refractivity contribution is 5.96. The average molecular weight is 595 g/mol. The van der Waals surface area contributed by atoms with Crippen molar-refractivity contribution in [3.8, 4) is 0 Å². The van der Waals surface area contributed by atoms with Crippen molar-refractivity contribution in [2.24, 2.45) is 17.4 Å². The average Bonchev–Trinajstić information content (AvgIpc) is 2.94. The minimum Gasteiger partial charge on any atom is -0.480 e. The lowest BCUT2D eigenvalue weighted by Crippen LogP contribution is -2.60. The van der Waals surface area contributed by atoms with Gasteiger partial charge in [-0.15, -0.1) is 0 Å². The molecule has 0 aliphatic rings. The third-order valence-electron chi connectivity index (χ3n) is 6.60. The third-order valence-corrected chi connectivity index (χ3v) is 6.60. The van der Waals surface area contributed by atoms with Gasteiger partial charge in [0.1, 0.15) is 24.2 Å². The fourth-order valence-corrected chi connectivity index (χ4v) is 3.84. The number of aliphatic hydroxyl groups excluding tert-OH is 2. The number of primary amides is 1. The van der Waals surface area contributed by atoms with Gasteiger partial charge in [0.15, 0.2) is 6.04 Å². The Labute approximate surface area is 243 Å². The van der Waals surface area contributed by atoms with E-state index < -0.39 is 84.3 Å². The Morgan fingerprint density at radius 1 is 0.833 bits per heavy atom. The number of carbonyl (C=O) groups excluding carboxylic acids is 5. The largest absolute Gasteiger partial charge is 0.480 e. The van der Waals surface area contributed by atoms with E-state index in [2.05, 4.69) is 21.3 Å². The number of hydrogen-bond acceptors (Lipinski definition) is 9. The van der Waals surface area contributed by atoms with Crippen LogP contribution in [0.3, 0.4) is 0 Å². The van der Waals surface area contributed by atoms with Crippen molar-refractivity contribution in [3.05, 3.63) is 35.9 Å². The van der Waals surface area contributed by atoms with Crippen LogP contribution in [0.4, 0.5) is 0 Å². The van der Waals surface area contributed by atoms with Gasteiger partial charge in [-0.05, 0) is 24.8 Å². The molecule has 0 aliphatic carbocycles. The highest BCUT2D eigenvalue weighted by atomic mass is 16.4. The van der Waals surface area contributed by atoms with Crippen LogP contribution in [0.15, 0.2) is 30.3 Å². The van der Waals surface area contributed by atoms with Gasteiger partial charge in [-0.2, -0.15) is 0 Å². The number of carbonyl (C=O) groups is 6. The molecular weight excluding hydrogens is 552 g/mol. The summed E-state index contributed by atoms with van der Waals surface area (Å²) in [5, 5.41) is 38.0. The normalized spacial score (nSPS) is 16.0. The Kier molecular flexibility index (Phi) is 15.1. The van der Waals surface area contributed by atoms with Crippen LogP contribution in [0, 0.1) is 5.92 Å². The number of carboxylic acids is 1. The summed E-state index contributed by atoms with van der Waals surface area (Å²) in [6.45, 7) is 3.96. The van der Waals surface area contributed by atoms with Gasteiger partial charge in [-0.3, -0.25) is 24.0 Å². The molecule has 0 radical (unpaired) electrons. The lowest BCUT2D eigenvalue weighted by atomic mass is 9.97. The maximum atomic E-state index is 13.4. The molecule has 42 heavy (non-hydrogen) atoms. The van der Waals surface area contributed by atoms with Gasteiger partial charge in [0.2, 0.25) is 29.5 Å². The van der Waals surface area contributed by atoms with Crippen molar-refractivity contribution in [1.82, 2.24) is 21.3 Å². The van der Waals surface area contributed by atoms with Crippen LogP contribution in [0.25, 0.3) is 0 Å². The van der Waals surface area contributed by atoms with Crippen LogP contribution in [0.5, 0.6) is 0 Å². The lowest BCUT2D eigenvalue weighted by molar-refractivity contribution is -0.145. The SMILES string of the molecule is CC[C@H](C)[C@H](NC(=O)[C@@H](N)CO)C(=O)N[C@@H](CCC(N)=O)C(=O)N[C@@H](Cc1ccccc1)C(=O)N[C@H](C(=O)O)[C@@H](C)O. The fraction of sp³-hybridized carbons (Fsp3) is 0.556. The Balaban J connectivity index is 3.28. The van der Waals surface area contributed by atoms with E-state index in [1.54, 1.807) is 44.2 Å². The summed E-state index contributed by atoms with van der Waals surface area (Å²) >= 11 is 0. The molecule has 15 heteroatoms. The zero-order valence-corrected chi connectivity index (χ0v) is 23.9. The summed E-state index contributed by atoms with van der Waals surface area (Å²) < 4.78 is 0. The van der Waals surface area contributed by atoms with E-state index in [1.165, 1.54) is 6.92 Å². The monoisotopic (exact) mass is 594 g/mol. The van der Waals surface area contributed by atoms with Crippen molar-refractivity contribution in [3.63, 3.8) is 0 Å². The van der Waals surface area contributed by atoms with E-state index >= 15 is 0 Å². The summed E-state index contributed by atoms with van der Waals surface area (Å²) in [6.07, 6.45) is -1.65. The van der Waals surface area contributed by atoms with E-state index in [0.717, 1.165) is 0 Å². The topological polar surface area (TPSA) is 263 Å². The van der Waals surface area contributed by atoms with Gasteiger partial charge >= 0.3 is 5.97 Å². The van der Waals surface area contributed by atoms with Crippen LogP contribution < -0.4 is 32.7 Å². The van der Waals surface area contributed by atoms with Crippen molar-refractivity contribution in [2.45, 2.75) is 82.8 Å². The van der Waals surface area contributed by atoms with Crippen LogP contribution in [-0.2, 0) is 35.2 Å². The maximum absolute atomic E-state index is 13.4. The van der Waals surface area contributed by atoms with Gasteiger partial charge in [0, 0.05) is 12.8 Å². The zero-order chi connectivity index (χ0) is 32.0. The van der Waals surface area contributed by atoms with Gasteiger partial charge in [-0.25, -0.2) is 4.79 Å². The van der Waals surface area contributed by atoms with Crippen LogP contribution in [0.1, 0.15) is 45.6 Å². The van der Waals surface area contributed by atoms with Crippen LogP contribution >= 0.6 is 0 Å². The summed E-state index contributed by atoms with van der Waals surface area (Å²) in [4.78, 5) is 75.2. The van der Waals surface area contributed by atoms with E-state index in [9.17, 15) is 44.1 Å². The molecule has 0 spiro atoms. The third kappa shape index (κ3) is 11.8. The first-order valence-electron chi connectivity index (χ1n) is 13.5. The van der Waals surface area contributed by atoms with E-state index in [-0.39, 0.29) is 19.3 Å². The Hall–Kier alpha value is -4.08. The molecule has 11 N–H and O–H groups in total. The van der Waals surface area contributed by atoms with E-state index in [0.29, 0.717) is 12.0 Å². The molecule has 0 saturated heterocycles. The molecular formula is C27H42N6O9. The Morgan fingerprint density at radius 2 is 1.38 bits per heavy atom. The number of aliphatic hydroxyl groups is 2. The van der Waals surface area contributed by atoms with E-state index in [1.807, 2.05) is 0 Å². The Bertz CT molecular complexity index is 1090. The summed E-state index contributed by atoms with van der Waals surface area (Å²) in [6, 6.07) is 1.65. The number of rotatable bonds is 18. The minimum atomic E-state index is -1.66. The minimum absolute atomic E-state index is 0.0777. The van der Waals surface area contributed by atoms with Crippen molar-refractivity contribution in [1.29, 1.82) is 0 Å². The predicted molar refractivity (Wildman–Crippen MR) is 150 cm³/mol. The fourth-order valence-electron chi connectivity index (χ4n) is 3.84. The standard InChI is InChI=1S/C27H42N6O9/c1-4-14(2)21(32-23(37)17(28)13-34)26(40)30-18(10-11-20(29)36)24(38)31-19(12-16-8-6-5-7-9-16)25(39)33-22(15(3)35)27(41)42/h5-9,14-15,17-19,21-22,34-35H,4,10-13,28H2,1-3H3,(H2,29,36)(H,30,40)(H,31,38)(H,32,37)(H,33,39)(H,41,42)/t14-,15+,17-,18-,19-,21-,22-/m0/s1. The maximum Gasteiger partial charge on any atom is 0.328 e. The van der Waals surface area contributed by atoms with Crippen molar-refractivity contribution >= 4 is 35.5 Å². The molecule has 0 aliphatic heterocycles. The number of amides is 5. The summed E-state index contributed by atoms with van der Waals surface area (Å²) in [5.41, 5.74) is 11.4. The van der Waals surface area contributed by atoms with Gasteiger partial charge in [0.05, 0.1) is 12.7 Å². The molecule has 5 amide bonds. The second-order valence-corrected chi connectivity index (χ2v) is 10.0. The molecule has 234 valence electrons. The van der Waals surface area contributed by atoms with Gasteiger partial charge in [-0.1, -0.05) is 50.6 Å². The first-order chi connectivity index (χ1) is 19.7. The number of aliphatic carboxylic acids is 1. The van der Waals surface area contributed by atoms with Crippen LogP contribution in [0.2, 0.25) is 0 Å². The number of benzene rings is 1. The molecule has 1 aromatic rings. The molecule has 1 rings (SSSR count). The number of nitrogens with one attached hydrogen (secondary N) is 4. The predicted octanol–water partition coefficient (Wildman–Crippen LogP) is -2.74. The first kappa shape index (κ1) is 35.9. The second kappa shape index (κ2) is 17.7. The number of carboxylic acid groups (broad SMARTS) is 1. The molecule has 0 unspecified atom stereocenters. The first-order valence-corrected chi connectivity index (χ1v) is 13.5. The lowest BCUT2D eigenvalue weighted by Gasteiger charge is -2.28. The molecule has 0 heterocycles. The van der Waals surface area contributed by atoms with E-state index in [4.69, 9.17) is 11.5 Å². The summed E-state index contributed by atoms with van der Waals surface area (Å²) in [5.74, 6) is -6.05. The van der Waals surface area contributed by atoms with Crippen molar-refractivity contribution < 1.29 is 44.1 Å². The van der Waals surface area contributed by atoms with Gasteiger partial charge < -0.3 is 48.1 Å². The molecule has 15 nitrogen and oxygen atoms in total. The van der Waals surface area contributed by atoms with Gasteiger partial charge in [0.25, 0.3) is 0 Å². The summed E-state index contributed by atoms with van der Waals surface area (Å²) in [7, 11) is 0. The molecule has 0 saturated carbocycles. The quantitative estimate of drug-likeness (QED) is 0.0846. The number of hydrogen-bond donors (Lipinski definition) is 9. The molecule has 0 bridgehead atoms. The number of nitrogens with two attached hydrogens (primary N) is 2. The van der Waals surface area contributed by atoms with Crippen LogP contribution in [-0.4, -0.2) is 93.7 Å². The molecule has 7 atom stereocenters. The Morgan fingerprint density at radius 3 is 1.88 bits per heavy atom. The molecule has 1 aromatic carbocycles. The van der Waals surface area contributed by atoms with Crippen molar-refractivity contribution in [2.75, 3.05) is 6.61 Å². The zero-order valence-electron chi connectivity index (χ0n) is 23.9. The molecule has 0 aromatic heterocycles.